The molecule has 1 N–H and O–H groups in total. The lowest BCUT2D eigenvalue weighted by Gasteiger charge is -2.02. The zero-order valence-electron chi connectivity index (χ0n) is 12.7. The Balaban J connectivity index is 1.91. The summed E-state index contributed by atoms with van der Waals surface area (Å²) >= 11 is 1.14. The Morgan fingerprint density at radius 3 is 2.68 bits per heavy atom. The number of pyridine rings is 2. The molecule has 1 amide bonds. The fourth-order valence-electron chi connectivity index (χ4n) is 1.87. The number of halogens is 1. The molecule has 0 aliphatic heterocycles. The van der Waals surface area contributed by atoms with Gasteiger partial charge in [-0.1, -0.05) is 17.4 Å². The summed E-state index contributed by atoms with van der Waals surface area (Å²) in [5.41, 5.74) is 0.732. The number of hydrogen-bond donors (Lipinski definition) is 1. The van der Waals surface area contributed by atoms with E-state index < -0.39 is 21.7 Å². The highest BCUT2D eigenvalue weighted by Crippen LogP contribution is 2.28. The summed E-state index contributed by atoms with van der Waals surface area (Å²) in [5, 5.41) is 8.77. The van der Waals surface area contributed by atoms with Gasteiger partial charge in [-0.05, 0) is 18.2 Å². The lowest BCUT2D eigenvalue weighted by atomic mass is 10.3. The molecule has 3 heterocycles. The van der Waals surface area contributed by atoms with Crippen molar-refractivity contribution < 1.29 is 17.6 Å². The standard InChI is InChI=1S/C14H10FN5O3S2/c1-25(22,23)20-12(21)10-3-2-4-11(17-10)14-19-18-13(24-14)8-5-9(15)7-16-6-8/h2-7H,1H3,(H,20,21). The predicted molar refractivity (Wildman–Crippen MR) is 88.6 cm³/mol. The maximum atomic E-state index is 13.2. The number of amides is 1. The molecule has 0 bridgehead atoms. The lowest BCUT2D eigenvalue weighted by molar-refractivity contribution is 0.0977. The summed E-state index contributed by atoms with van der Waals surface area (Å²) in [7, 11) is -3.69. The van der Waals surface area contributed by atoms with Crippen LogP contribution < -0.4 is 4.72 Å². The number of nitrogens with zero attached hydrogens (tertiary/aromatic N) is 4. The van der Waals surface area contributed by atoms with Crippen molar-refractivity contribution in [1.29, 1.82) is 0 Å². The van der Waals surface area contributed by atoms with Gasteiger partial charge in [0.05, 0.1) is 12.5 Å². The molecule has 25 heavy (non-hydrogen) atoms. The van der Waals surface area contributed by atoms with E-state index in [2.05, 4.69) is 20.2 Å². The highest BCUT2D eigenvalue weighted by atomic mass is 32.2. The highest BCUT2D eigenvalue weighted by molar-refractivity contribution is 7.89. The van der Waals surface area contributed by atoms with Crippen LogP contribution in [0, 0.1) is 5.82 Å². The number of aromatic nitrogens is 4. The topological polar surface area (TPSA) is 115 Å². The molecule has 0 saturated heterocycles. The minimum absolute atomic E-state index is 0.0768. The Kier molecular flexibility index (Phi) is 4.51. The molecule has 0 unspecified atom stereocenters. The lowest BCUT2D eigenvalue weighted by Crippen LogP contribution is -2.30. The van der Waals surface area contributed by atoms with Crippen molar-refractivity contribution in [3.8, 4) is 21.3 Å². The molecule has 0 aromatic carbocycles. The number of carbonyl (C=O) groups is 1. The summed E-state index contributed by atoms with van der Waals surface area (Å²) in [6, 6.07) is 5.80. The summed E-state index contributed by atoms with van der Waals surface area (Å²) < 4.78 is 37.4. The van der Waals surface area contributed by atoms with E-state index in [1.165, 1.54) is 18.3 Å². The van der Waals surface area contributed by atoms with Crippen molar-refractivity contribution in [1.82, 2.24) is 24.9 Å². The fraction of sp³-hybridized carbons (Fsp3) is 0.0714. The van der Waals surface area contributed by atoms with E-state index in [9.17, 15) is 17.6 Å². The van der Waals surface area contributed by atoms with Crippen molar-refractivity contribution in [3.63, 3.8) is 0 Å². The average Bonchev–Trinajstić information content (AvgIpc) is 3.03. The number of sulfonamides is 1. The van der Waals surface area contributed by atoms with Crippen LogP contribution in [0.15, 0.2) is 36.7 Å². The first-order chi connectivity index (χ1) is 11.8. The molecule has 11 heteroatoms. The van der Waals surface area contributed by atoms with E-state index in [0.29, 0.717) is 21.3 Å². The number of hydrogen-bond acceptors (Lipinski definition) is 8. The number of nitrogens with one attached hydrogen (secondary N) is 1. The maximum Gasteiger partial charge on any atom is 0.283 e. The highest BCUT2D eigenvalue weighted by Gasteiger charge is 2.15. The monoisotopic (exact) mass is 379 g/mol. The van der Waals surface area contributed by atoms with Crippen LogP contribution in [-0.2, 0) is 10.0 Å². The zero-order valence-corrected chi connectivity index (χ0v) is 14.3. The molecule has 0 saturated carbocycles. The van der Waals surface area contributed by atoms with Crippen molar-refractivity contribution >= 4 is 27.3 Å². The second-order valence-electron chi connectivity index (χ2n) is 4.92. The Labute approximate surface area is 145 Å². The molecule has 3 aromatic heterocycles. The van der Waals surface area contributed by atoms with Crippen LogP contribution in [0.1, 0.15) is 10.5 Å². The third kappa shape index (κ3) is 4.19. The van der Waals surface area contributed by atoms with Gasteiger partial charge in [0.25, 0.3) is 5.91 Å². The van der Waals surface area contributed by atoms with Crippen molar-refractivity contribution in [3.05, 3.63) is 48.2 Å². The SMILES string of the molecule is CS(=O)(=O)NC(=O)c1cccc(-c2nnc(-c3cncc(F)c3)s2)n1. The van der Waals surface area contributed by atoms with Crippen LogP contribution in [0.3, 0.4) is 0 Å². The summed E-state index contributed by atoms with van der Waals surface area (Å²) in [4.78, 5) is 19.7. The Hall–Kier alpha value is -2.79. The van der Waals surface area contributed by atoms with Crippen LogP contribution in [0.2, 0.25) is 0 Å². The van der Waals surface area contributed by atoms with Crippen LogP contribution >= 0.6 is 11.3 Å². The molecule has 0 aliphatic rings. The third-order valence-corrected chi connectivity index (χ3v) is 4.41. The average molecular weight is 379 g/mol. The minimum Gasteiger partial charge on any atom is -0.266 e. The van der Waals surface area contributed by atoms with Crippen molar-refractivity contribution in [2.24, 2.45) is 0 Å². The number of carbonyl (C=O) groups excluding carboxylic acids is 1. The van der Waals surface area contributed by atoms with Gasteiger partial charge < -0.3 is 0 Å². The maximum absolute atomic E-state index is 13.2. The second kappa shape index (κ2) is 6.61. The first-order valence-electron chi connectivity index (χ1n) is 6.76. The van der Waals surface area contributed by atoms with Gasteiger partial charge in [0.15, 0.2) is 5.01 Å². The molecule has 0 aliphatic carbocycles. The van der Waals surface area contributed by atoms with Crippen LogP contribution in [0.4, 0.5) is 4.39 Å². The molecular weight excluding hydrogens is 369 g/mol. The first-order valence-corrected chi connectivity index (χ1v) is 9.46. The largest absolute Gasteiger partial charge is 0.283 e. The second-order valence-corrected chi connectivity index (χ2v) is 7.64. The molecule has 8 nitrogen and oxygen atoms in total. The van der Waals surface area contributed by atoms with Gasteiger partial charge in [-0.2, -0.15) is 0 Å². The smallest absolute Gasteiger partial charge is 0.266 e. The Morgan fingerprint density at radius 1 is 1.20 bits per heavy atom. The van der Waals surface area contributed by atoms with E-state index in [4.69, 9.17) is 0 Å². The van der Waals surface area contributed by atoms with Gasteiger partial charge in [-0.15, -0.1) is 10.2 Å². The van der Waals surface area contributed by atoms with Gasteiger partial charge in [-0.3, -0.25) is 9.78 Å². The first kappa shape index (κ1) is 17.0. The zero-order chi connectivity index (χ0) is 18.0. The fourth-order valence-corrected chi connectivity index (χ4v) is 3.11. The molecule has 0 radical (unpaired) electrons. The molecule has 128 valence electrons. The van der Waals surface area contributed by atoms with E-state index in [-0.39, 0.29) is 5.69 Å². The van der Waals surface area contributed by atoms with Gasteiger partial charge >= 0.3 is 0 Å². The van der Waals surface area contributed by atoms with Crippen LogP contribution in [0.5, 0.6) is 0 Å². The number of rotatable bonds is 4. The van der Waals surface area contributed by atoms with Crippen LogP contribution in [0.25, 0.3) is 21.3 Å². The van der Waals surface area contributed by atoms with Gasteiger partial charge in [0.2, 0.25) is 10.0 Å². The molecule has 0 spiro atoms. The van der Waals surface area contributed by atoms with E-state index >= 15 is 0 Å². The van der Waals surface area contributed by atoms with E-state index in [1.807, 2.05) is 4.72 Å². The summed E-state index contributed by atoms with van der Waals surface area (Å²) in [6.07, 6.45) is 3.41. The molecule has 3 rings (SSSR count). The summed E-state index contributed by atoms with van der Waals surface area (Å²) in [6.45, 7) is 0. The molecular formula is C14H10FN5O3S2. The van der Waals surface area contributed by atoms with Crippen molar-refractivity contribution in [2.75, 3.05) is 6.26 Å². The quantitative estimate of drug-likeness (QED) is 0.730. The van der Waals surface area contributed by atoms with Crippen molar-refractivity contribution in [2.45, 2.75) is 0 Å². The van der Waals surface area contributed by atoms with Gasteiger partial charge in [-0.25, -0.2) is 22.5 Å². The molecule has 0 fully saturated rings. The van der Waals surface area contributed by atoms with Crippen LogP contribution in [-0.4, -0.2) is 40.7 Å². The third-order valence-electron chi connectivity index (χ3n) is 2.86. The van der Waals surface area contributed by atoms with Gasteiger partial charge in [0.1, 0.15) is 22.2 Å². The predicted octanol–water partition coefficient (Wildman–Crippen LogP) is 1.49. The Morgan fingerprint density at radius 2 is 1.96 bits per heavy atom. The molecule has 3 aromatic rings. The van der Waals surface area contributed by atoms with E-state index in [1.54, 1.807) is 12.1 Å². The minimum atomic E-state index is -3.69. The summed E-state index contributed by atoms with van der Waals surface area (Å²) in [5.74, 6) is -1.34. The Bertz CT molecular complexity index is 1050. The van der Waals surface area contributed by atoms with E-state index in [0.717, 1.165) is 23.8 Å². The van der Waals surface area contributed by atoms with Gasteiger partial charge in [0, 0.05) is 11.8 Å². The molecule has 0 atom stereocenters. The normalized spacial score (nSPS) is 11.3.